The standard InChI is InChI=1S/C11H12O5.Na/c1-14-7-4-3-6(5-8(7)15-2)9-10(16-9)11(12)13;/h3-5,9-10H,1-2H3,(H,12,13);/q;+1. The molecule has 0 spiro atoms. The van der Waals surface area contributed by atoms with E-state index in [1.165, 1.54) is 7.11 Å². The van der Waals surface area contributed by atoms with Crippen LogP contribution < -0.4 is 39.0 Å². The Labute approximate surface area is 121 Å². The number of ether oxygens (including phenoxy) is 3. The fraction of sp³-hybridized carbons (Fsp3) is 0.364. The van der Waals surface area contributed by atoms with Gasteiger partial charge in [-0.3, -0.25) is 0 Å². The Morgan fingerprint density at radius 2 is 1.94 bits per heavy atom. The van der Waals surface area contributed by atoms with Gasteiger partial charge in [-0.05, 0) is 17.7 Å². The molecule has 86 valence electrons. The molecule has 0 aliphatic carbocycles. The van der Waals surface area contributed by atoms with Crippen LogP contribution in [0.25, 0.3) is 0 Å². The van der Waals surface area contributed by atoms with E-state index in [2.05, 4.69) is 0 Å². The fourth-order valence-corrected chi connectivity index (χ4v) is 1.58. The van der Waals surface area contributed by atoms with Gasteiger partial charge >= 0.3 is 35.5 Å². The van der Waals surface area contributed by atoms with Gasteiger partial charge in [0.25, 0.3) is 0 Å². The van der Waals surface area contributed by atoms with Crippen molar-refractivity contribution in [3.63, 3.8) is 0 Å². The third-order valence-corrected chi connectivity index (χ3v) is 2.47. The summed E-state index contributed by atoms with van der Waals surface area (Å²) in [6, 6.07) is 5.23. The van der Waals surface area contributed by atoms with Crippen LogP contribution in [0, 0.1) is 0 Å². The van der Waals surface area contributed by atoms with E-state index in [1.807, 2.05) is 0 Å². The van der Waals surface area contributed by atoms with Gasteiger partial charge in [0.2, 0.25) is 0 Å². The van der Waals surface area contributed by atoms with Crippen molar-refractivity contribution in [2.24, 2.45) is 0 Å². The molecule has 1 N–H and O–H groups in total. The SMILES string of the molecule is COc1ccc(C2OC2C(=O)O)cc1OC.[Na+]. The van der Waals surface area contributed by atoms with Gasteiger partial charge in [0, 0.05) is 0 Å². The van der Waals surface area contributed by atoms with Gasteiger partial charge in [0.05, 0.1) is 14.2 Å². The average Bonchev–Trinajstić information content (AvgIpc) is 3.08. The summed E-state index contributed by atoms with van der Waals surface area (Å²) in [7, 11) is 3.08. The molecule has 1 aliphatic rings. The quantitative estimate of drug-likeness (QED) is 0.504. The molecule has 1 fully saturated rings. The monoisotopic (exact) mass is 247 g/mol. The van der Waals surface area contributed by atoms with Crippen molar-refractivity contribution in [2.45, 2.75) is 12.2 Å². The Morgan fingerprint density at radius 1 is 1.29 bits per heavy atom. The maximum atomic E-state index is 10.6. The molecule has 5 nitrogen and oxygen atoms in total. The first-order valence-electron chi connectivity index (χ1n) is 4.77. The molecule has 0 saturated carbocycles. The van der Waals surface area contributed by atoms with Crippen LogP contribution in [0.5, 0.6) is 11.5 Å². The van der Waals surface area contributed by atoms with Crippen molar-refractivity contribution in [3.05, 3.63) is 23.8 Å². The summed E-state index contributed by atoms with van der Waals surface area (Å²) in [4.78, 5) is 10.6. The van der Waals surface area contributed by atoms with E-state index < -0.39 is 12.1 Å². The van der Waals surface area contributed by atoms with E-state index in [4.69, 9.17) is 19.3 Å². The first-order chi connectivity index (χ1) is 7.67. The zero-order chi connectivity index (χ0) is 11.7. The number of rotatable bonds is 4. The molecule has 0 aromatic heterocycles. The molecule has 0 radical (unpaired) electrons. The van der Waals surface area contributed by atoms with Crippen molar-refractivity contribution in [3.8, 4) is 11.5 Å². The van der Waals surface area contributed by atoms with Crippen LogP contribution >= 0.6 is 0 Å². The Morgan fingerprint density at radius 3 is 2.41 bits per heavy atom. The smallest absolute Gasteiger partial charge is 0.493 e. The van der Waals surface area contributed by atoms with Gasteiger partial charge in [-0.15, -0.1) is 0 Å². The number of carboxylic acid groups (broad SMARTS) is 1. The van der Waals surface area contributed by atoms with E-state index in [0.29, 0.717) is 11.5 Å². The molecular weight excluding hydrogens is 235 g/mol. The third kappa shape index (κ3) is 2.93. The average molecular weight is 247 g/mol. The largest absolute Gasteiger partial charge is 1.00 e. The van der Waals surface area contributed by atoms with Crippen LogP contribution in [0.3, 0.4) is 0 Å². The number of hydrogen-bond acceptors (Lipinski definition) is 4. The molecule has 6 heteroatoms. The Kier molecular flexibility index (Phi) is 4.82. The van der Waals surface area contributed by atoms with Crippen molar-refractivity contribution in [2.75, 3.05) is 14.2 Å². The first-order valence-corrected chi connectivity index (χ1v) is 4.77. The van der Waals surface area contributed by atoms with Gasteiger partial charge in [0.1, 0.15) is 6.10 Å². The maximum absolute atomic E-state index is 10.6. The second-order valence-corrected chi connectivity index (χ2v) is 3.43. The Balaban J connectivity index is 0.00000144. The molecule has 1 aliphatic heterocycles. The van der Waals surface area contributed by atoms with Crippen LogP contribution in [0.1, 0.15) is 11.7 Å². The maximum Gasteiger partial charge on any atom is 1.00 e. The topological polar surface area (TPSA) is 68.3 Å². The summed E-state index contributed by atoms with van der Waals surface area (Å²) in [6.07, 6.45) is -1.12. The van der Waals surface area contributed by atoms with Crippen LogP contribution in [0.15, 0.2) is 18.2 Å². The van der Waals surface area contributed by atoms with Crippen molar-refractivity contribution in [1.82, 2.24) is 0 Å². The number of aliphatic carboxylic acids is 1. The van der Waals surface area contributed by atoms with Crippen molar-refractivity contribution in [1.29, 1.82) is 0 Å². The summed E-state index contributed by atoms with van der Waals surface area (Å²) in [5.74, 6) is 0.234. The van der Waals surface area contributed by atoms with Gasteiger partial charge in [-0.1, -0.05) is 6.07 Å². The van der Waals surface area contributed by atoms with Gasteiger partial charge < -0.3 is 19.3 Å². The number of carbonyl (C=O) groups is 1. The number of epoxide rings is 1. The van der Waals surface area contributed by atoms with E-state index in [-0.39, 0.29) is 35.7 Å². The summed E-state index contributed by atoms with van der Waals surface area (Å²) in [6.45, 7) is 0. The zero-order valence-electron chi connectivity index (χ0n) is 9.97. The number of hydrogen-bond donors (Lipinski definition) is 1. The fourth-order valence-electron chi connectivity index (χ4n) is 1.58. The van der Waals surface area contributed by atoms with Crippen molar-refractivity contribution >= 4 is 5.97 Å². The predicted octanol–water partition coefficient (Wildman–Crippen LogP) is -1.77. The van der Waals surface area contributed by atoms with Gasteiger partial charge in [-0.25, -0.2) is 4.79 Å². The van der Waals surface area contributed by atoms with Crippen LogP contribution in [0.2, 0.25) is 0 Å². The molecule has 0 amide bonds. The van der Waals surface area contributed by atoms with Gasteiger partial charge in [0.15, 0.2) is 17.6 Å². The molecule has 0 bridgehead atoms. The van der Waals surface area contributed by atoms with Crippen LogP contribution in [-0.4, -0.2) is 31.4 Å². The first kappa shape index (κ1) is 14.3. The number of benzene rings is 1. The normalized spacial score (nSPS) is 21.3. The Bertz CT molecular complexity index is 420. The molecule has 17 heavy (non-hydrogen) atoms. The van der Waals surface area contributed by atoms with E-state index in [9.17, 15) is 4.79 Å². The molecule has 1 aromatic carbocycles. The minimum absolute atomic E-state index is 0. The molecule has 2 rings (SSSR count). The third-order valence-electron chi connectivity index (χ3n) is 2.47. The molecule has 2 unspecified atom stereocenters. The molecule has 1 heterocycles. The molecular formula is C11H12NaO5+. The van der Waals surface area contributed by atoms with Crippen molar-refractivity contribution < 1.29 is 53.7 Å². The van der Waals surface area contributed by atoms with Gasteiger partial charge in [-0.2, -0.15) is 0 Å². The molecule has 1 aromatic rings. The van der Waals surface area contributed by atoms with Crippen LogP contribution in [0.4, 0.5) is 0 Å². The summed E-state index contributed by atoms with van der Waals surface area (Å²) in [5.41, 5.74) is 0.782. The summed E-state index contributed by atoms with van der Waals surface area (Å²) < 4.78 is 15.2. The predicted molar refractivity (Wildman–Crippen MR) is 54.8 cm³/mol. The second-order valence-electron chi connectivity index (χ2n) is 3.43. The number of methoxy groups -OCH3 is 2. The zero-order valence-corrected chi connectivity index (χ0v) is 12.0. The molecule has 1 saturated heterocycles. The van der Waals surface area contributed by atoms with E-state index >= 15 is 0 Å². The number of carboxylic acids is 1. The minimum atomic E-state index is -0.945. The summed E-state index contributed by atoms with van der Waals surface area (Å²) in [5, 5.41) is 8.73. The summed E-state index contributed by atoms with van der Waals surface area (Å²) >= 11 is 0. The minimum Gasteiger partial charge on any atom is -0.493 e. The molecule has 2 atom stereocenters. The van der Waals surface area contributed by atoms with E-state index in [0.717, 1.165) is 5.56 Å². The second kappa shape index (κ2) is 5.73. The van der Waals surface area contributed by atoms with E-state index in [1.54, 1.807) is 25.3 Å². The Hall–Kier alpha value is -0.750. The van der Waals surface area contributed by atoms with Crippen LogP contribution in [-0.2, 0) is 9.53 Å².